The maximum atomic E-state index is 11.3. The molecule has 0 saturated heterocycles. The summed E-state index contributed by atoms with van der Waals surface area (Å²) in [6.45, 7) is 5.02. The molecular weight excluding hydrogens is 216 g/mol. The van der Waals surface area contributed by atoms with Crippen molar-refractivity contribution in [3.8, 4) is 0 Å². The lowest BCUT2D eigenvalue weighted by Crippen LogP contribution is -2.39. The third-order valence-corrected chi connectivity index (χ3v) is 3.44. The van der Waals surface area contributed by atoms with Crippen molar-refractivity contribution in [2.45, 2.75) is 52.1 Å². The van der Waals surface area contributed by atoms with E-state index in [0.717, 1.165) is 24.8 Å². The van der Waals surface area contributed by atoms with Gasteiger partial charge in [0, 0.05) is 13.1 Å². The van der Waals surface area contributed by atoms with E-state index in [4.69, 9.17) is 5.11 Å². The van der Waals surface area contributed by atoms with Crippen molar-refractivity contribution >= 4 is 6.03 Å². The van der Waals surface area contributed by atoms with Gasteiger partial charge in [0.05, 0.1) is 6.10 Å². The van der Waals surface area contributed by atoms with Gasteiger partial charge in [-0.2, -0.15) is 0 Å². The van der Waals surface area contributed by atoms with Crippen LogP contribution < -0.4 is 10.6 Å². The fraction of sp³-hybridized carbons (Fsp3) is 0.923. The molecule has 1 fully saturated rings. The average Bonchev–Trinajstić information content (AvgIpc) is 2.26. The number of urea groups is 1. The highest BCUT2D eigenvalue weighted by Crippen LogP contribution is 2.30. The van der Waals surface area contributed by atoms with Crippen LogP contribution in [0.2, 0.25) is 0 Å². The highest BCUT2D eigenvalue weighted by molar-refractivity contribution is 5.73. The Morgan fingerprint density at radius 2 is 2.18 bits per heavy atom. The van der Waals surface area contributed by atoms with Crippen LogP contribution in [-0.4, -0.2) is 30.3 Å². The number of hydrogen-bond donors (Lipinski definition) is 3. The van der Waals surface area contributed by atoms with Gasteiger partial charge in [-0.1, -0.05) is 26.2 Å². The summed E-state index contributed by atoms with van der Waals surface area (Å²) < 4.78 is 0. The Hall–Kier alpha value is -0.770. The molecule has 0 aromatic heterocycles. The van der Waals surface area contributed by atoms with Crippen molar-refractivity contribution in [1.29, 1.82) is 0 Å². The van der Waals surface area contributed by atoms with Gasteiger partial charge in [0.2, 0.25) is 0 Å². The first-order chi connectivity index (χ1) is 8.08. The van der Waals surface area contributed by atoms with E-state index in [1.165, 1.54) is 25.7 Å². The van der Waals surface area contributed by atoms with Gasteiger partial charge in [0.25, 0.3) is 0 Å². The molecule has 0 aliphatic heterocycles. The van der Waals surface area contributed by atoms with Gasteiger partial charge in [0.1, 0.15) is 0 Å². The fourth-order valence-electron chi connectivity index (χ4n) is 2.51. The fourth-order valence-corrected chi connectivity index (χ4v) is 2.51. The number of hydrogen-bond acceptors (Lipinski definition) is 2. The molecule has 1 aliphatic carbocycles. The van der Waals surface area contributed by atoms with E-state index in [1.807, 2.05) is 0 Å². The molecule has 0 aromatic rings. The lowest BCUT2D eigenvalue weighted by Gasteiger charge is -2.26. The monoisotopic (exact) mass is 242 g/mol. The van der Waals surface area contributed by atoms with Gasteiger partial charge in [-0.05, 0) is 31.6 Å². The summed E-state index contributed by atoms with van der Waals surface area (Å²) in [4.78, 5) is 11.3. The van der Waals surface area contributed by atoms with Crippen LogP contribution in [0.25, 0.3) is 0 Å². The van der Waals surface area contributed by atoms with Crippen LogP contribution in [0.5, 0.6) is 0 Å². The Balaban J connectivity index is 2.04. The quantitative estimate of drug-likeness (QED) is 0.689. The Kier molecular flexibility index (Phi) is 6.34. The summed E-state index contributed by atoms with van der Waals surface area (Å²) in [5.41, 5.74) is 0. The van der Waals surface area contributed by atoms with Gasteiger partial charge >= 0.3 is 6.03 Å². The molecule has 1 saturated carbocycles. The molecule has 3 atom stereocenters. The number of carbonyl (C=O) groups is 1. The third kappa shape index (κ3) is 6.51. The zero-order valence-corrected chi connectivity index (χ0v) is 11.0. The number of rotatable bonds is 5. The minimum atomic E-state index is -0.486. The van der Waals surface area contributed by atoms with Gasteiger partial charge in [-0.3, -0.25) is 0 Å². The van der Waals surface area contributed by atoms with Crippen molar-refractivity contribution < 1.29 is 9.90 Å². The number of amides is 2. The molecule has 0 bridgehead atoms. The summed E-state index contributed by atoms with van der Waals surface area (Å²) in [7, 11) is 0. The molecular formula is C13H26N2O2. The van der Waals surface area contributed by atoms with Crippen LogP contribution in [0.1, 0.15) is 46.0 Å². The van der Waals surface area contributed by atoms with Crippen LogP contribution in [0.4, 0.5) is 4.79 Å². The van der Waals surface area contributed by atoms with Crippen molar-refractivity contribution in [2.75, 3.05) is 13.1 Å². The van der Waals surface area contributed by atoms with E-state index >= 15 is 0 Å². The molecule has 17 heavy (non-hydrogen) atoms. The molecule has 4 heteroatoms. The first-order valence-electron chi connectivity index (χ1n) is 6.77. The van der Waals surface area contributed by atoms with Gasteiger partial charge < -0.3 is 15.7 Å². The molecule has 1 rings (SSSR count). The molecule has 100 valence electrons. The molecule has 0 heterocycles. The summed E-state index contributed by atoms with van der Waals surface area (Å²) in [5, 5.41) is 14.5. The number of carbonyl (C=O) groups excluding carboxylic acids is 1. The summed E-state index contributed by atoms with van der Waals surface area (Å²) in [6, 6.07) is -0.172. The molecule has 0 aromatic carbocycles. The summed E-state index contributed by atoms with van der Waals surface area (Å²) >= 11 is 0. The van der Waals surface area contributed by atoms with Crippen LogP contribution in [0, 0.1) is 11.8 Å². The van der Waals surface area contributed by atoms with E-state index in [9.17, 15) is 4.79 Å². The Bertz CT molecular complexity index is 231. The third-order valence-electron chi connectivity index (χ3n) is 3.44. The average molecular weight is 242 g/mol. The summed E-state index contributed by atoms with van der Waals surface area (Å²) in [6.07, 6.45) is 5.89. The first-order valence-corrected chi connectivity index (χ1v) is 6.77. The molecule has 2 amide bonds. The van der Waals surface area contributed by atoms with Crippen LogP contribution in [-0.2, 0) is 0 Å². The first kappa shape index (κ1) is 14.3. The van der Waals surface area contributed by atoms with E-state index in [0.29, 0.717) is 6.54 Å². The minimum Gasteiger partial charge on any atom is -0.392 e. The SMILES string of the molecule is C[C@@H]1CCC[C@@H](CCNC(=O)NC[C@@H](C)O)C1. The van der Waals surface area contributed by atoms with E-state index < -0.39 is 6.10 Å². The standard InChI is InChI=1S/C13H26N2O2/c1-10-4-3-5-12(8-10)6-7-14-13(17)15-9-11(2)16/h10-12,16H,3-9H2,1-2H3,(H2,14,15,17)/t10-,11-,12+/m1/s1. The topological polar surface area (TPSA) is 61.4 Å². The zero-order valence-electron chi connectivity index (χ0n) is 11.0. The van der Waals surface area contributed by atoms with Gasteiger partial charge in [0.15, 0.2) is 0 Å². The van der Waals surface area contributed by atoms with Crippen molar-refractivity contribution in [3.63, 3.8) is 0 Å². The molecule has 0 radical (unpaired) electrons. The minimum absolute atomic E-state index is 0.172. The highest BCUT2D eigenvalue weighted by atomic mass is 16.3. The van der Waals surface area contributed by atoms with Crippen LogP contribution >= 0.6 is 0 Å². The summed E-state index contributed by atoms with van der Waals surface area (Å²) in [5.74, 6) is 1.62. The largest absolute Gasteiger partial charge is 0.392 e. The van der Waals surface area contributed by atoms with Gasteiger partial charge in [-0.15, -0.1) is 0 Å². The number of nitrogens with one attached hydrogen (secondary N) is 2. The smallest absolute Gasteiger partial charge is 0.314 e. The van der Waals surface area contributed by atoms with Crippen LogP contribution in [0.3, 0.4) is 0 Å². The molecule has 0 spiro atoms. The Labute approximate surface area is 104 Å². The predicted octanol–water partition coefficient (Wildman–Crippen LogP) is 1.88. The zero-order chi connectivity index (χ0) is 12.7. The number of aliphatic hydroxyl groups is 1. The Morgan fingerprint density at radius 3 is 2.82 bits per heavy atom. The second-order valence-electron chi connectivity index (χ2n) is 5.41. The van der Waals surface area contributed by atoms with Crippen molar-refractivity contribution in [2.24, 2.45) is 11.8 Å². The second-order valence-corrected chi connectivity index (χ2v) is 5.41. The number of aliphatic hydroxyl groups excluding tert-OH is 1. The molecule has 4 nitrogen and oxygen atoms in total. The molecule has 1 aliphatic rings. The lowest BCUT2D eigenvalue weighted by atomic mass is 9.81. The van der Waals surface area contributed by atoms with E-state index in [-0.39, 0.29) is 6.03 Å². The maximum absolute atomic E-state index is 11.3. The molecule has 3 N–H and O–H groups in total. The predicted molar refractivity (Wildman–Crippen MR) is 68.8 cm³/mol. The lowest BCUT2D eigenvalue weighted by molar-refractivity contribution is 0.187. The second kappa shape index (κ2) is 7.54. The normalized spacial score (nSPS) is 26.3. The van der Waals surface area contributed by atoms with Gasteiger partial charge in [-0.25, -0.2) is 4.79 Å². The molecule has 0 unspecified atom stereocenters. The Morgan fingerprint density at radius 1 is 1.41 bits per heavy atom. The highest BCUT2D eigenvalue weighted by Gasteiger charge is 2.18. The van der Waals surface area contributed by atoms with Crippen molar-refractivity contribution in [1.82, 2.24) is 10.6 Å². The van der Waals surface area contributed by atoms with E-state index in [2.05, 4.69) is 17.6 Å². The van der Waals surface area contributed by atoms with Crippen LogP contribution in [0.15, 0.2) is 0 Å². The van der Waals surface area contributed by atoms with Crippen molar-refractivity contribution in [3.05, 3.63) is 0 Å². The van der Waals surface area contributed by atoms with E-state index in [1.54, 1.807) is 6.92 Å². The maximum Gasteiger partial charge on any atom is 0.314 e.